The van der Waals surface area contributed by atoms with Gasteiger partial charge in [0.1, 0.15) is 11.5 Å². The molecule has 0 unspecified atom stereocenters. The van der Waals surface area contributed by atoms with E-state index < -0.39 is 5.97 Å². The van der Waals surface area contributed by atoms with Gasteiger partial charge < -0.3 is 9.15 Å². The van der Waals surface area contributed by atoms with Crippen molar-refractivity contribution in [3.8, 4) is 11.3 Å². The second kappa shape index (κ2) is 5.85. The number of furan rings is 1. The van der Waals surface area contributed by atoms with Crippen molar-refractivity contribution in [2.24, 2.45) is 0 Å². The minimum Gasteiger partial charge on any atom is -0.466 e. The third-order valence-electron chi connectivity index (χ3n) is 3.42. The summed E-state index contributed by atoms with van der Waals surface area (Å²) in [5.74, 6) is 0.997. The van der Waals surface area contributed by atoms with Crippen LogP contribution in [0.15, 0.2) is 59.2 Å². The average Bonchev–Trinajstić information content (AvgIpc) is 3.04. The first-order valence-corrected chi connectivity index (χ1v) is 6.89. The highest BCUT2D eigenvalue weighted by Crippen LogP contribution is 2.27. The lowest BCUT2D eigenvalue weighted by atomic mass is 10.1. The molecule has 4 heteroatoms. The molecule has 0 saturated heterocycles. The van der Waals surface area contributed by atoms with Gasteiger partial charge in [-0.15, -0.1) is 0 Å². The molecule has 0 saturated carbocycles. The predicted octanol–water partition coefficient (Wildman–Crippen LogP) is 4.07. The van der Waals surface area contributed by atoms with E-state index in [1.54, 1.807) is 6.20 Å². The van der Waals surface area contributed by atoms with Crippen molar-refractivity contribution in [2.45, 2.75) is 6.92 Å². The van der Waals surface area contributed by atoms with Gasteiger partial charge in [-0.25, -0.2) is 4.79 Å². The van der Waals surface area contributed by atoms with Gasteiger partial charge >= 0.3 is 5.97 Å². The Morgan fingerprint density at radius 3 is 2.91 bits per heavy atom. The number of allylic oxidation sites excluding steroid dienone is 1. The summed E-state index contributed by atoms with van der Waals surface area (Å²) in [5, 5.41) is 1.06. The average molecular weight is 293 g/mol. The topological polar surface area (TPSA) is 52.3 Å². The molecule has 2 aromatic heterocycles. The Hall–Kier alpha value is -2.88. The van der Waals surface area contributed by atoms with Gasteiger partial charge in [-0.05, 0) is 48.9 Å². The van der Waals surface area contributed by atoms with E-state index in [-0.39, 0.29) is 0 Å². The van der Waals surface area contributed by atoms with Gasteiger partial charge in [0.25, 0.3) is 0 Å². The van der Waals surface area contributed by atoms with Crippen molar-refractivity contribution in [1.82, 2.24) is 4.98 Å². The standard InChI is InChI=1S/C18H15NO3/c1-12(10-18(20)21-2)16-7-8-17(22-16)14-5-6-15-13(11-14)4-3-9-19-15/h3-11H,1-2H3/b12-10+. The van der Waals surface area contributed by atoms with Gasteiger partial charge in [-0.3, -0.25) is 4.98 Å². The second-order valence-corrected chi connectivity index (χ2v) is 4.93. The molecular formula is C18H15NO3. The minimum absolute atomic E-state index is 0.396. The summed E-state index contributed by atoms with van der Waals surface area (Å²) in [6.07, 6.45) is 3.18. The Morgan fingerprint density at radius 1 is 1.23 bits per heavy atom. The zero-order chi connectivity index (χ0) is 15.5. The zero-order valence-electron chi connectivity index (χ0n) is 12.4. The Morgan fingerprint density at radius 2 is 2.09 bits per heavy atom. The maximum absolute atomic E-state index is 11.3. The number of aromatic nitrogens is 1. The lowest BCUT2D eigenvalue weighted by molar-refractivity contribution is -0.134. The first-order chi connectivity index (χ1) is 10.7. The molecule has 3 rings (SSSR count). The molecule has 1 aromatic carbocycles. The molecule has 0 aliphatic rings. The van der Waals surface area contributed by atoms with E-state index in [9.17, 15) is 4.79 Å². The Balaban J connectivity index is 1.95. The number of pyridine rings is 1. The number of ether oxygens (including phenoxy) is 1. The number of fused-ring (bicyclic) bond motifs is 1. The van der Waals surface area contributed by atoms with Gasteiger partial charge in [0.2, 0.25) is 0 Å². The summed E-state index contributed by atoms with van der Waals surface area (Å²) in [6.45, 7) is 1.81. The van der Waals surface area contributed by atoms with Gasteiger partial charge in [0, 0.05) is 23.2 Å². The summed E-state index contributed by atoms with van der Waals surface area (Å²) in [6, 6.07) is 13.6. The lowest BCUT2D eigenvalue weighted by Gasteiger charge is -2.01. The van der Waals surface area contributed by atoms with Gasteiger partial charge in [0.15, 0.2) is 0 Å². The van der Waals surface area contributed by atoms with Crippen LogP contribution in [0.4, 0.5) is 0 Å². The molecular weight excluding hydrogens is 278 g/mol. The number of rotatable bonds is 3. The van der Waals surface area contributed by atoms with Crippen molar-refractivity contribution in [3.63, 3.8) is 0 Å². The van der Waals surface area contributed by atoms with Crippen LogP contribution in [0.2, 0.25) is 0 Å². The van der Waals surface area contributed by atoms with Crippen molar-refractivity contribution in [1.29, 1.82) is 0 Å². The monoisotopic (exact) mass is 293 g/mol. The molecule has 0 fully saturated rings. The number of carbonyl (C=O) groups excluding carboxylic acids is 1. The summed E-state index contributed by atoms with van der Waals surface area (Å²) in [4.78, 5) is 15.6. The Bertz CT molecular complexity index is 861. The molecule has 0 atom stereocenters. The van der Waals surface area contributed by atoms with Crippen molar-refractivity contribution < 1.29 is 13.9 Å². The predicted molar refractivity (Wildman–Crippen MR) is 85.1 cm³/mol. The van der Waals surface area contributed by atoms with Crippen LogP contribution in [-0.4, -0.2) is 18.1 Å². The van der Waals surface area contributed by atoms with E-state index in [1.165, 1.54) is 13.2 Å². The smallest absolute Gasteiger partial charge is 0.330 e. The molecule has 0 amide bonds. The highest BCUT2D eigenvalue weighted by molar-refractivity contribution is 5.90. The first-order valence-electron chi connectivity index (χ1n) is 6.89. The fourth-order valence-corrected chi connectivity index (χ4v) is 2.24. The largest absolute Gasteiger partial charge is 0.466 e. The number of benzene rings is 1. The molecule has 0 aliphatic heterocycles. The van der Waals surface area contributed by atoms with Crippen molar-refractivity contribution >= 4 is 22.4 Å². The van der Waals surface area contributed by atoms with Crippen LogP contribution in [-0.2, 0) is 9.53 Å². The number of esters is 1. The number of nitrogens with zero attached hydrogens (tertiary/aromatic N) is 1. The van der Waals surface area contributed by atoms with Gasteiger partial charge in [-0.1, -0.05) is 6.07 Å². The highest BCUT2D eigenvalue weighted by Gasteiger charge is 2.08. The van der Waals surface area contributed by atoms with E-state index in [0.29, 0.717) is 5.76 Å². The van der Waals surface area contributed by atoms with Crippen LogP contribution >= 0.6 is 0 Å². The number of methoxy groups -OCH3 is 1. The molecule has 22 heavy (non-hydrogen) atoms. The highest BCUT2D eigenvalue weighted by atomic mass is 16.5. The lowest BCUT2D eigenvalue weighted by Crippen LogP contribution is -1.95. The normalized spacial score (nSPS) is 11.6. The Kier molecular flexibility index (Phi) is 3.74. The van der Waals surface area contributed by atoms with Crippen LogP contribution in [0.3, 0.4) is 0 Å². The molecule has 4 nitrogen and oxygen atoms in total. The summed E-state index contributed by atoms with van der Waals surface area (Å²) in [7, 11) is 1.35. The zero-order valence-corrected chi connectivity index (χ0v) is 12.4. The third-order valence-corrected chi connectivity index (χ3v) is 3.42. The SMILES string of the molecule is COC(=O)/C=C(\C)c1ccc(-c2ccc3ncccc3c2)o1. The molecule has 110 valence electrons. The fraction of sp³-hybridized carbons (Fsp3) is 0.111. The van der Waals surface area contributed by atoms with E-state index in [1.807, 2.05) is 49.4 Å². The minimum atomic E-state index is -0.396. The molecule has 0 N–H and O–H groups in total. The molecule has 3 aromatic rings. The van der Waals surface area contributed by atoms with Crippen molar-refractivity contribution in [2.75, 3.05) is 7.11 Å². The molecule has 2 heterocycles. The van der Waals surface area contributed by atoms with Crippen molar-refractivity contribution in [3.05, 3.63) is 60.5 Å². The van der Waals surface area contributed by atoms with Crippen LogP contribution in [0, 0.1) is 0 Å². The summed E-state index contributed by atoms with van der Waals surface area (Å²) in [5.41, 5.74) is 2.64. The van der Waals surface area contributed by atoms with E-state index in [0.717, 1.165) is 27.8 Å². The third kappa shape index (κ3) is 2.76. The summed E-state index contributed by atoms with van der Waals surface area (Å²) < 4.78 is 10.4. The van der Waals surface area contributed by atoms with E-state index in [4.69, 9.17) is 4.42 Å². The van der Waals surface area contributed by atoms with Crippen LogP contribution in [0.25, 0.3) is 27.8 Å². The molecule has 0 radical (unpaired) electrons. The number of hydrogen-bond acceptors (Lipinski definition) is 4. The maximum Gasteiger partial charge on any atom is 0.330 e. The Labute approximate surface area is 128 Å². The molecule has 0 spiro atoms. The molecule has 0 bridgehead atoms. The van der Waals surface area contributed by atoms with Gasteiger partial charge in [-0.2, -0.15) is 0 Å². The van der Waals surface area contributed by atoms with Crippen LogP contribution in [0.5, 0.6) is 0 Å². The van der Waals surface area contributed by atoms with E-state index in [2.05, 4.69) is 9.72 Å². The van der Waals surface area contributed by atoms with Crippen LogP contribution < -0.4 is 0 Å². The summed E-state index contributed by atoms with van der Waals surface area (Å²) >= 11 is 0. The first kappa shape index (κ1) is 14.1. The van der Waals surface area contributed by atoms with Gasteiger partial charge in [0.05, 0.1) is 12.6 Å². The number of carbonyl (C=O) groups is 1. The van der Waals surface area contributed by atoms with E-state index >= 15 is 0 Å². The quantitative estimate of drug-likeness (QED) is 0.539. The second-order valence-electron chi connectivity index (χ2n) is 4.93. The molecule has 0 aliphatic carbocycles. The number of hydrogen-bond donors (Lipinski definition) is 0. The fourth-order valence-electron chi connectivity index (χ4n) is 2.24. The maximum atomic E-state index is 11.3. The van der Waals surface area contributed by atoms with Crippen LogP contribution in [0.1, 0.15) is 12.7 Å².